The third-order valence-electron chi connectivity index (χ3n) is 1.58. The van der Waals surface area contributed by atoms with E-state index in [1.54, 1.807) is 0 Å². The second kappa shape index (κ2) is 4.94. The van der Waals surface area contributed by atoms with E-state index in [1.165, 1.54) is 4.90 Å². The van der Waals surface area contributed by atoms with Crippen molar-refractivity contribution in [1.82, 2.24) is 0 Å². The van der Waals surface area contributed by atoms with Crippen LogP contribution >= 0.6 is 11.8 Å². The van der Waals surface area contributed by atoms with Crippen molar-refractivity contribution in [1.29, 1.82) is 5.26 Å². The zero-order valence-electron chi connectivity index (χ0n) is 7.95. The molecule has 0 bridgehead atoms. The number of rotatable bonds is 3. The van der Waals surface area contributed by atoms with E-state index in [0.717, 1.165) is 5.56 Å². The highest BCUT2D eigenvalue weighted by Crippen LogP contribution is 2.22. The number of thioether (sulfide) groups is 1. The van der Waals surface area contributed by atoms with Gasteiger partial charge in [-0.15, -0.1) is 11.8 Å². The Kier molecular flexibility index (Phi) is 3.85. The quantitative estimate of drug-likeness (QED) is 0.685. The van der Waals surface area contributed by atoms with Gasteiger partial charge in [0.1, 0.15) is 0 Å². The highest BCUT2D eigenvalue weighted by atomic mass is 32.2. The van der Waals surface area contributed by atoms with Crippen LogP contribution in [0.2, 0.25) is 0 Å². The summed E-state index contributed by atoms with van der Waals surface area (Å²) >= 11 is 1.84. The average Bonchev–Trinajstić information content (AvgIpc) is 2.08. The molecule has 0 unspecified atom stereocenters. The van der Waals surface area contributed by atoms with E-state index in [-0.39, 0.29) is 0 Å². The van der Waals surface area contributed by atoms with Crippen molar-refractivity contribution >= 4 is 11.8 Å². The smallest absolute Gasteiger partial charge is 0.0669 e. The van der Waals surface area contributed by atoms with Gasteiger partial charge in [0.25, 0.3) is 0 Å². The molecule has 0 amide bonds. The topological polar surface area (TPSA) is 23.8 Å². The Morgan fingerprint density at radius 2 is 1.92 bits per heavy atom. The Morgan fingerprint density at radius 3 is 2.38 bits per heavy atom. The van der Waals surface area contributed by atoms with Gasteiger partial charge in [0.2, 0.25) is 0 Å². The van der Waals surface area contributed by atoms with E-state index in [1.807, 2.05) is 23.9 Å². The molecule has 68 valence electrons. The summed E-state index contributed by atoms with van der Waals surface area (Å²) in [5, 5.41) is 9.09. The summed E-state index contributed by atoms with van der Waals surface area (Å²) in [7, 11) is 0. The van der Waals surface area contributed by atoms with E-state index in [4.69, 9.17) is 5.26 Å². The standard InChI is InChI=1S/C11H13NS/c1-9(2)13-11-5-3-10(4-6-11)7-8-12/h3-6,9H,7H2,1-2H3. The third kappa shape index (κ3) is 3.52. The van der Waals surface area contributed by atoms with Crippen molar-refractivity contribution in [3.63, 3.8) is 0 Å². The van der Waals surface area contributed by atoms with Crippen molar-refractivity contribution in [3.05, 3.63) is 29.8 Å². The molecular weight excluding hydrogens is 178 g/mol. The fraction of sp³-hybridized carbons (Fsp3) is 0.364. The van der Waals surface area contributed by atoms with Gasteiger partial charge in [-0.3, -0.25) is 0 Å². The molecule has 0 heterocycles. The Balaban J connectivity index is 2.65. The van der Waals surface area contributed by atoms with Gasteiger partial charge in [-0.05, 0) is 17.7 Å². The van der Waals surface area contributed by atoms with E-state index in [9.17, 15) is 0 Å². The summed E-state index contributed by atoms with van der Waals surface area (Å²) in [5.74, 6) is 0. The van der Waals surface area contributed by atoms with Gasteiger partial charge in [-0.2, -0.15) is 5.26 Å². The van der Waals surface area contributed by atoms with Crippen LogP contribution in [0, 0.1) is 11.3 Å². The van der Waals surface area contributed by atoms with Crippen molar-refractivity contribution in [2.24, 2.45) is 0 Å². The summed E-state index contributed by atoms with van der Waals surface area (Å²) < 4.78 is 0. The van der Waals surface area contributed by atoms with Crippen molar-refractivity contribution in [2.75, 3.05) is 0 Å². The molecule has 1 aromatic rings. The maximum atomic E-state index is 8.48. The lowest BCUT2D eigenvalue weighted by Crippen LogP contribution is -1.86. The fourth-order valence-electron chi connectivity index (χ4n) is 1.05. The number of benzene rings is 1. The van der Waals surface area contributed by atoms with E-state index in [0.29, 0.717) is 11.7 Å². The molecule has 0 aromatic heterocycles. The first-order valence-corrected chi connectivity index (χ1v) is 5.23. The summed E-state index contributed by atoms with van der Waals surface area (Å²) in [5.41, 5.74) is 1.09. The molecule has 0 N–H and O–H groups in total. The summed E-state index contributed by atoms with van der Waals surface area (Å²) in [6.45, 7) is 4.35. The number of hydrogen-bond donors (Lipinski definition) is 0. The van der Waals surface area contributed by atoms with Crippen molar-refractivity contribution in [3.8, 4) is 6.07 Å². The number of hydrogen-bond acceptors (Lipinski definition) is 2. The molecular formula is C11H13NS. The van der Waals surface area contributed by atoms with Crippen LogP contribution < -0.4 is 0 Å². The molecule has 1 rings (SSSR count). The molecule has 0 saturated heterocycles. The van der Waals surface area contributed by atoms with Crippen LogP contribution in [-0.4, -0.2) is 5.25 Å². The van der Waals surface area contributed by atoms with Gasteiger partial charge >= 0.3 is 0 Å². The minimum Gasteiger partial charge on any atom is -0.198 e. The zero-order chi connectivity index (χ0) is 9.68. The maximum Gasteiger partial charge on any atom is 0.0669 e. The van der Waals surface area contributed by atoms with Gasteiger partial charge in [-0.25, -0.2) is 0 Å². The molecule has 0 atom stereocenters. The Bertz CT molecular complexity index is 295. The van der Waals surface area contributed by atoms with Crippen molar-refractivity contribution in [2.45, 2.75) is 30.4 Å². The van der Waals surface area contributed by atoms with Crippen LogP contribution in [0.25, 0.3) is 0 Å². The first-order valence-electron chi connectivity index (χ1n) is 4.35. The number of nitriles is 1. The van der Waals surface area contributed by atoms with Crippen LogP contribution in [0.3, 0.4) is 0 Å². The molecule has 13 heavy (non-hydrogen) atoms. The lowest BCUT2D eigenvalue weighted by Gasteiger charge is -2.04. The molecule has 0 spiro atoms. The molecule has 0 aliphatic heterocycles. The Labute approximate surface area is 83.8 Å². The Morgan fingerprint density at radius 1 is 1.31 bits per heavy atom. The minimum absolute atomic E-state index is 0.507. The van der Waals surface area contributed by atoms with Crippen LogP contribution in [0.15, 0.2) is 29.2 Å². The predicted molar refractivity (Wildman–Crippen MR) is 56.8 cm³/mol. The van der Waals surface area contributed by atoms with Gasteiger partial charge < -0.3 is 0 Å². The molecule has 0 aliphatic carbocycles. The van der Waals surface area contributed by atoms with Crippen LogP contribution in [0.1, 0.15) is 19.4 Å². The second-order valence-corrected chi connectivity index (χ2v) is 4.80. The predicted octanol–water partition coefficient (Wildman–Crippen LogP) is 3.25. The van der Waals surface area contributed by atoms with Gasteiger partial charge in [0.05, 0.1) is 12.5 Å². The normalized spacial score (nSPS) is 10.0. The first-order chi connectivity index (χ1) is 6.22. The molecule has 0 saturated carbocycles. The fourth-order valence-corrected chi connectivity index (χ4v) is 1.89. The summed E-state index contributed by atoms with van der Waals surface area (Å²) in [4.78, 5) is 1.27. The molecule has 0 radical (unpaired) electrons. The second-order valence-electron chi connectivity index (χ2n) is 3.15. The van der Waals surface area contributed by atoms with Crippen LogP contribution in [0.4, 0.5) is 0 Å². The van der Waals surface area contributed by atoms with E-state index >= 15 is 0 Å². The lowest BCUT2D eigenvalue weighted by molar-refractivity contribution is 1.11. The van der Waals surface area contributed by atoms with Crippen molar-refractivity contribution < 1.29 is 0 Å². The van der Waals surface area contributed by atoms with E-state index < -0.39 is 0 Å². The highest BCUT2D eigenvalue weighted by Gasteiger charge is 1.97. The van der Waals surface area contributed by atoms with Crippen LogP contribution in [-0.2, 0) is 6.42 Å². The molecule has 2 heteroatoms. The van der Waals surface area contributed by atoms with Gasteiger partial charge in [-0.1, -0.05) is 26.0 Å². The van der Waals surface area contributed by atoms with Gasteiger partial charge in [0.15, 0.2) is 0 Å². The monoisotopic (exact) mass is 191 g/mol. The molecule has 0 fully saturated rings. The number of nitrogens with zero attached hydrogens (tertiary/aromatic N) is 1. The SMILES string of the molecule is CC(C)Sc1ccc(CC#N)cc1. The highest BCUT2D eigenvalue weighted by molar-refractivity contribution is 7.99. The van der Waals surface area contributed by atoms with E-state index in [2.05, 4.69) is 32.0 Å². The molecule has 1 nitrogen and oxygen atoms in total. The lowest BCUT2D eigenvalue weighted by atomic mass is 10.2. The third-order valence-corrected chi connectivity index (χ3v) is 2.59. The average molecular weight is 191 g/mol. The van der Waals surface area contributed by atoms with Crippen LogP contribution in [0.5, 0.6) is 0 Å². The Hall–Kier alpha value is -0.940. The zero-order valence-corrected chi connectivity index (χ0v) is 8.77. The molecule has 0 aliphatic rings. The van der Waals surface area contributed by atoms with Gasteiger partial charge in [0, 0.05) is 10.1 Å². The summed E-state index contributed by atoms with van der Waals surface area (Å²) in [6, 6.07) is 10.3. The summed E-state index contributed by atoms with van der Waals surface area (Å²) in [6.07, 6.45) is 0.507. The largest absolute Gasteiger partial charge is 0.198 e. The first kappa shape index (κ1) is 10.1. The minimum atomic E-state index is 0.507. The molecule has 1 aromatic carbocycles. The maximum absolute atomic E-state index is 8.48.